The Hall–Kier alpha value is -1.06. The molecule has 0 aromatic heterocycles. The van der Waals surface area contributed by atoms with Crippen LogP contribution in [0.3, 0.4) is 0 Å². The Balaban J connectivity index is 2.56. The van der Waals surface area contributed by atoms with Crippen molar-refractivity contribution >= 4 is 17.5 Å². The maximum Gasteiger partial charge on any atom is 0.237 e. The summed E-state index contributed by atoms with van der Waals surface area (Å²) in [5.41, 5.74) is 1.08. The van der Waals surface area contributed by atoms with Crippen LogP contribution in [0.2, 0.25) is 5.02 Å². The first-order valence-corrected chi connectivity index (χ1v) is 7.13. The third-order valence-corrected chi connectivity index (χ3v) is 3.48. The van der Waals surface area contributed by atoms with Gasteiger partial charge in [-0.05, 0) is 44.9 Å². The summed E-state index contributed by atoms with van der Waals surface area (Å²) >= 11 is 5.97. The lowest BCUT2D eigenvalue weighted by atomic mass is 10.1. The molecule has 3 atom stereocenters. The molecule has 4 heteroatoms. The fraction of sp³-hybridized carbons (Fsp3) is 0.533. The van der Waals surface area contributed by atoms with Crippen molar-refractivity contribution in [1.29, 1.82) is 0 Å². The summed E-state index contributed by atoms with van der Waals surface area (Å²) in [6.07, 6.45) is 0.933. The molecular weight excluding hydrogens is 260 g/mol. The summed E-state index contributed by atoms with van der Waals surface area (Å²) in [5.74, 6) is 0.0308. The molecule has 0 spiro atoms. The first-order chi connectivity index (χ1) is 8.93. The number of rotatable bonds is 6. The monoisotopic (exact) mass is 282 g/mol. The van der Waals surface area contributed by atoms with Crippen LogP contribution in [0.15, 0.2) is 24.3 Å². The van der Waals surface area contributed by atoms with Crippen molar-refractivity contribution < 1.29 is 4.79 Å². The Morgan fingerprint density at radius 1 is 1.32 bits per heavy atom. The van der Waals surface area contributed by atoms with E-state index < -0.39 is 0 Å². The lowest BCUT2D eigenvalue weighted by molar-refractivity contribution is -0.123. The van der Waals surface area contributed by atoms with Crippen molar-refractivity contribution in [3.8, 4) is 0 Å². The quantitative estimate of drug-likeness (QED) is 0.841. The van der Waals surface area contributed by atoms with Gasteiger partial charge in [0.25, 0.3) is 0 Å². The number of carbonyl (C=O) groups excluding carboxylic acids is 1. The Morgan fingerprint density at radius 2 is 2.00 bits per heavy atom. The smallest absolute Gasteiger partial charge is 0.237 e. The summed E-state index contributed by atoms with van der Waals surface area (Å²) in [6.45, 7) is 7.96. The van der Waals surface area contributed by atoms with E-state index in [9.17, 15) is 4.79 Å². The summed E-state index contributed by atoms with van der Waals surface area (Å²) in [5, 5.41) is 6.96. The molecule has 0 aliphatic heterocycles. The van der Waals surface area contributed by atoms with Crippen LogP contribution in [0.5, 0.6) is 0 Å². The van der Waals surface area contributed by atoms with Gasteiger partial charge in [-0.15, -0.1) is 0 Å². The molecular formula is C15H23ClN2O. The van der Waals surface area contributed by atoms with Crippen molar-refractivity contribution in [3.05, 3.63) is 34.9 Å². The summed E-state index contributed by atoms with van der Waals surface area (Å²) in [7, 11) is 0. The van der Waals surface area contributed by atoms with Gasteiger partial charge in [0.2, 0.25) is 5.91 Å². The molecule has 0 saturated carbocycles. The van der Waals surface area contributed by atoms with Gasteiger partial charge < -0.3 is 5.32 Å². The highest BCUT2D eigenvalue weighted by molar-refractivity contribution is 6.30. The van der Waals surface area contributed by atoms with Crippen LogP contribution in [-0.2, 0) is 4.79 Å². The van der Waals surface area contributed by atoms with Crippen molar-refractivity contribution in [1.82, 2.24) is 10.6 Å². The van der Waals surface area contributed by atoms with Crippen LogP contribution < -0.4 is 10.6 Å². The largest absolute Gasteiger partial charge is 0.352 e. The van der Waals surface area contributed by atoms with Crippen LogP contribution in [0.25, 0.3) is 0 Å². The number of carbonyl (C=O) groups is 1. The Morgan fingerprint density at radius 3 is 2.58 bits per heavy atom. The highest BCUT2D eigenvalue weighted by atomic mass is 35.5. The second kappa shape index (κ2) is 7.51. The minimum absolute atomic E-state index is 0.0308. The van der Waals surface area contributed by atoms with Gasteiger partial charge in [0.05, 0.1) is 6.04 Å². The molecule has 0 fully saturated rings. The zero-order chi connectivity index (χ0) is 14.4. The number of benzene rings is 1. The van der Waals surface area contributed by atoms with E-state index in [1.165, 1.54) is 0 Å². The molecule has 0 aliphatic rings. The lowest BCUT2D eigenvalue weighted by Crippen LogP contribution is -2.45. The van der Waals surface area contributed by atoms with E-state index >= 15 is 0 Å². The molecule has 0 bridgehead atoms. The van der Waals surface area contributed by atoms with Gasteiger partial charge in [0.1, 0.15) is 0 Å². The van der Waals surface area contributed by atoms with Gasteiger partial charge >= 0.3 is 0 Å². The van der Waals surface area contributed by atoms with E-state index in [-0.39, 0.29) is 24.0 Å². The van der Waals surface area contributed by atoms with Crippen molar-refractivity contribution in [2.24, 2.45) is 0 Å². The SMILES string of the molecule is CCC(C)NC(=O)C(C)N[C@H](C)c1cccc(Cl)c1. The topological polar surface area (TPSA) is 41.1 Å². The normalized spacial score (nSPS) is 15.6. The van der Waals surface area contributed by atoms with Gasteiger partial charge in [0.15, 0.2) is 0 Å². The third kappa shape index (κ3) is 5.21. The van der Waals surface area contributed by atoms with Crippen LogP contribution >= 0.6 is 11.6 Å². The number of nitrogens with one attached hydrogen (secondary N) is 2. The molecule has 1 aromatic carbocycles. The fourth-order valence-corrected chi connectivity index (χ4v) is 1.99. The van der Waals surface area contributed by atoms with Crippen LogP contribution in [0, 0.1) is 0 Å². The van der Waals surface area contributed by atoms with Crippen molar-refractivity contribution in [2.45, 2.75) is 52.2 Å². The summed E-state index contributed by atoms with van der Waals surface area (Å²) < 4.78 is 0. The average Bonchev–Trinajstić information content (AvgIpc) is 2.38. The summed E-state index contributed by atoms with van der Waals surface area (Å²) in [6, 6.07) is 7.73. The molecule has 2 N–H and O–H groups in total. The number of hydrogen-bond acceptors (Lipinski definition) is 2. The van der Waals surface area contributed by atoms with E-state index in [1.807, 2.05) is 45.0 Å². The molecule has 1 aromatic rings. The molecule has 1 amide bonds. The van der Waals surface area contributed by atoms with Gasteiger partial charge in [0, 0.05) is 17.1 Å². The van der Waals surface area contributed by atoms with Gasteiger partial charge in [-0.2, -0.15) is 0 Å². The molecule has 1 rings (SSSR count). The second-order valence-electron chi connectivity index (χ2n) is 4.98. The van der Waals surface area contributed by atoms with E-state index in [1.54, 1.807) is 0 Å². The highest BCUT2D eigenvalue weighted by Crippen LogP contribution is 2.17. The Bertz CT molecular complexity index is 422. The summed E-state index contributed by atoms with van der Waals surface area (Å²) in [4.78, 5) is 11.9. The van der Waals surface area contributed by atoms with Crippen LogP contribution in [-0.4, -0.2) is 18.0 Å². The maximum atomic E-state index is 11.9. The Labute approximate surface area is 120 Å². The molecule has 0 radical (unpaired) electrons. The maximum absolute atomic E-state index is 11.9. The molecule has 0 saturated heterocycles. The zero-order valence-corrected chi connectivity index (χ0v) is 12.8. The van der Waals surface area contributed by atoms with Gasteiger partial charge in [-0.1, -0.05) is 30.7 Å². The first-order valence-electron chi connectivity index (χ1n) is 6.76. The van der Waals surface area contributed by atoms with Crippen molar-refractivity contribution in [2.75, 3.05) is 0 Å². The average molecular weight is 283 g/mol. The molecule has 0 aliphatic carbocycles. The van der Waals surface area contributed by atoms with E-state index in [4.69, 9.17) is 11.6 Å². The van der Waals surface area contributed by atoms with E-state index in [0.717, 1.165) is 12.0 Å². The minimum Gasteiger partial charge on any atom is -0.352 e. The van der Waals surface area contributed by atoms with E-state index in [2.05, 4.69) is 17.6 Å². The molecule has 3 nitrogen and oxygen atoms in total. The van der Waals surface area contributed by atoms with E-state index in [0.29, 0.717) is 5.02 Å². The number of hydrogen-bond donors (Lipinski definition) is 2. The zero-order valence-electron chi connectivity index (χ0n) is 12.0. The van der Waals surface area contributed by atoms with Crippen molar-refractivity contribution in [3.63, 3.8) is 0 Å². The second-order valence-corrected chi connectivity index (χ2v) is 5.42. The number of halogens is 1. The van der Waals surface area contributed by atoms with Gasteiger partial charge in [-0.3, -0.25) is 10.1 Å². The lowest BCUT2D eigenvalue weighted by Gasteiger charge is -2.21. The molecule has 2 unspecified atom stereocenters. The Kier molecular flexibility index (Phi) is 6.32. The standard InChI is InChI=1S/C15H23ClN2O/c1-5-10(2)17-15(19)12(4)18-11(3)13-7-6-8-14(16)9-13/h6-12,18H,5H2,1-4H3,(H,17,19)/t10?,11-,12?/m1/s1. The number of amides is 1. The highest BCUT2D eigenvalue weighted by Gasteiger charge is 2.17. The minimum atomic E-state index is -0.233. The fourth-order valence-electron chi connectivity index (χ4n) is 1.79. The van der Waals surface area contributed by atoms with Gasteiger partial charge in [-0.25, -0.2) is 0 Å². The predicted octanol–water partition coefficient (Wildman–Crippen LogP) is 3.29. The van der Waals surface area contributed by atoms with Crippen LogP contribution in [0.1, 0.15) is 45.7 Å². The third-order valence-electron chi connectivity index (χ3n) is 3.24. The van der Waals surface area contributed by atoms with Crippen LogP contribution in [0.4, 0.5) is 0 Å². The molecule has 0 heterocycles. The first kappa shape index (κ1) is 16.0. The molecule has 106 valence electrons. The molecule has 19 heavy (non-hydrogen) atoms. The predicted molar refractivity (Wildman–Crippen MR) is 80.4 cm³/mol.